The summed E-state index contributed by atoms with van der Waals surface area (Å²) in [7, 11) is 0. The Morgan fingerprint density at radius 2 is 2.00 bits per heavy atom. The lowest BCUT2D eigenvalue weighted by atomic mass is 9.89. The van der Waals surface area contributed by atoms with E-state index >= 15 is 0 Å². The summed E-state index contributed by atoms with van der Waals surface area (Å²) < 4.78 is 0. The molecule has 0 heterocycles. The molecule has 0 amide bonds. The summed E-state index contributed by atoms with van der Waals surface area (Å²) in [5.41, 5.74) is -1.24. The summed E-state index contributed by atoms with van der Waals surface area (Å²) >= 11 is 3.64. The van der Waals surface area contributed by atoms with Gasteiger partial charge in [0.1, 0.15) is 5.60 Å². The molecule has 0 aromatic carbocycles. The zero-order valence-corrected chi connectivity index (χ0v) is 10.4. The minimum Gasteiger partial charge on any atom is -0.381 e. The minimum absolute atomic E-state index is 0.245. The third-order valence-electron chi connectivity index (χ3n) is 1.99. The van der Waals surface area contributed by atoms with Gasteiger partial charge in [-0.2, -0.15) is 0 Å². The molecule has 0 radical (unpaired) electrons. The highest BCUT2D eigenvalue weighted by molar-refractivity contribution is 7.96. The fourth-order valence-corrected chi connectivity index (χ4v) is 1.55. The summed E-state index contributed by atoms with van der Waals surface area (Å²) in [6.45, 7) is 12.5. The van der Waals surface area contributed by atoms with E-state index < -0.39 is 16.3 Å². The molecule has 0 bridgehead atoms. The lowest BCUT2D eigenvalue weighted by Gasteiger charge is -2.33. The van der Waals surface area contributed by atoms with Gasteiger partial charge in [0.15, 0.2) is 0 Å². The van der Waals surface area contributed by atoms with E-state index in [0.717, 1.165) is 0 Å². The molecule has 0 aliphatic heterocycles. The quantitative estimate of drug-likeness (QED) is 0.479. The molecule has 3 nitrogen and oxygen atoms in total. The average Bonchev–Trinajstić information content (AvgIpc) is 2.00. The van der Waals surface area contributed by atoms with Crippen LogP contribution in [0.1, 0.15) is 27.2 Å². The molecule has 0 aliphatic carbocycles. The van der Waals surface area contributed by atoms with Crippen molar-refractivity contribution in [2.75, 3.05) is 0 Å². The van der Waals surface area contributed by atoms with Crippen LogP contribution < -0.4 is 5.32 Å². The van der Waals surface area contributed by atoms with E-state index in [1.807, 2.05) is 13.8 Å². The number of hydrogen-bond donors (Lipinski definition) is 3. The van der Waals surface area contributed by atoms with Crippen LogP contribution in [0.15, 0.2) is 24.9 Å². The van der Waals surface area contributed by atoms with E-state index in [4.69, 9.17) is 0 Å². The van der Waals surface area contributed by atoms with Crippen molar-refractivity contribution in [2.24, 2.45) is 0 Å². The number of nitrogens with one attached hydrogen (secondary N) is 1. The van der Waals surface area contributed by atoms with Crippen molar-refractivity contribution in [1.82, 2.24) is 5.32 Å². The molecule has 0 saturated carbocycles. The molecule has 86 valence electrons. The fraction of sp³-hybridized carbons (Fsp3) is 0.545. The van der Waals surface area contributed by atoms with Gasteiger partial charge in [-0.1, -0.05) is 13.2 Å². The Hall–Kier alpha value is -0.740. The lowest BCUT2D eigenvalue weighted by Crippen LogP contribution is -2.47. The Kier molecular flexibility index (Phi) is 4.62. The van der Waals surface area contributed by atoms with E-state index in [1.54, 1.807) is 6.08 Å². The molecule has 1 unspecified atom stereocenters. The number of allylic oxidation sites excluding steroid dienone is 1. The second kappa shape index (κ2) is 4.86. The third kappa shape index (κ3) is 5.04. The maximum absolute atomic E-state index is 11.0. The first-order valence-electron chi connectivity index (χ1n) is 4.66. The standard InChI is InChI=1S/C11H19NO2S/c1-6-8(2)12-10(3,4)7-11(5,14)9(13)15/h6,12,14H,1-2,7H2,3-5H3,(H,13,15). The number of rotatable bonds is 6. The molecule has 0 aromatic heterocycles. The molecule has 0 aliphatic rings. The monoisotopic (exact) mass is 229 g/mol. The second-order valence-electron chi connectivity index (χ2n) is 4.49. The van der Waals surface area contributed by atoms with Crippen molar-refractivity contribution in [1.29, 1.82) is 0 Å². The van der Waals surface area contributed by atoms with Gasteiger partial charge in [-0.05, 0) is 26.8 Å². The molecule has 0 aromatic rings. The number of aliphatic hydroxyl groups is 1. The molecular formula is C11H19NO2S. The topological polar surface area (TPSA) is 49.3 Å². The van der Waals surface area contributed by atoms with Crippen LogP contribution in [0.3, 0.4) is 0 Å². The molecule has 1 atom stereocenters. The predicted molar refractivity (Wildman–Crippen MR) is 65.8 cm³/mol. The fourth-order valence-electron chi connectivity index (χ4n) is 1.47. The Morgan fingerprint density at radius 3 is 2.33 bits per heavy atom. The first-order valence-corrected chi connectivity index (χ1v) is 5.11. The largest absolute Gasteiger partial charge is 0.381 e. The number of hydrogen-bond acceptors (Lipinski definition) is 3. The minimum atomic E-state index is -1.44. The first-order chi connectivity index (χ1) is 6.60. The van der Waals surface area contributed by atoms with Crippen LogP contribution in [-0.4, -0.2) is 21.4 Å². The van der Waals surface area contributed by atoms with Crippen LogP contribution in [0.2, 0.25) is 0 Å². The molecule has 0 spiro atoms. The predicted octanol–water partition coefficient (Wildman–Crippen LogP) is 1.65. The zero-order valence-electron chi connectivity index (χ0n) is 9.50. The Morgan fingerprint density at radius 1 is 1.53 bits per heavy atom. The van der Waals surface area contributed by atoms with E-state index in [2.05, 4.69) is 31.1 Å². The van der Waals surface area contributed by atoms with Crippen molar-refractivity contribution >= 4 is 17.7 Å². The van der Waals surface area contributed by atoms with Crippen LogP contribution in [0, 0.1) is 0 Å². The van der Waals surface area contributed by atoms with E-state index in [-0.39, 0.29) is 6.42 Å². The van der Waals surface area contributed by atoms with Gasteiger partial charge in [-0.25, -0.2) is 0 Å². The maximum atomic E-state index is 11.0. The van der Waals surface area contributed by atoms with Crippen molar-refractivity contribution in [3.05, 3.63) is 24.9 Å². The maximum Gasteiger partial charge on any atom is 0.217 e. The molecule has 0 rings (SSSR count). The number of thiol groups is 1. The average molecular weight is 229 g/mol. The summed E-state index contributed by atoms with van der Waals surface area (Å²) in [6, 6.07) is 0. The summed E-state index contributed by atoms with van der Waals surface area (Å²) in [6.07, 6.45) is 1.83. The van der Waals surface area contributed by atoms with Gasteiger partial charge in [-0.15, -0.1) is 12.6 Å². The molecule has 4 heteroatoms. The molecular weight excluding hydrogens is 210 g/mol. The summed E-state index contributed by atoms with van der Waals surface area (Å²) in [4.78, 5) is 11.0. The Labute approximate surface area is 96.7 Å². The van der Waals surface area contributed by atoms with E-state index in [0.29, 0.717) is 5.70 Å². The SMILES string of the molecule is C=CC(=C)NC(C)(C)CC(C)(O)C(=O)S. The van der Waals surface area contributed by atoms with Crippen LogP contribution in [0.4, 0.5) is 0 Å². The molecule has 15 heavy (non-hydrogen) atoms. The summed E-state index contributed by atoms with van der Waals surface area (Å²) in [5.74, 6) is 0. The highest BCUT2D eigenvalue weighted by atomic mass is 32.1. The molecule has 2 N–H and O–H groups in total. The van der Waals surface area contributed by atoms with Crippen molar-refractivity contribution in [3.63, 3.8) is 0 Å². The van der Waals surface area contributed by atoms with Crippen LogP contribution in [0.5, 0.6) is 0 Å². The smallest absolute Gasteiger partial charge is 0.217 e. The highest BCUT2D eigenvalue weighted by Crippen LogP contribution is 2.23. The van der Waals surface area contributed by atoms with Crippen LogP contribution >= 0.6 is 12.6 Å². The summed E-state index contributed by atoms with van der Waals surface area (Å²) in [5, 5.41) is 12.3. The van der Waals surface area contributed by atoms with Crippen LogP contribution in [-0.2, 0) is 4.79 Å². The van der Waals surface area contributed by atoms with Gasteiger partial charge >= 0.3 is 0 Å². The second-order valence-corrected chi connectivity index (χ2v) is 4.90. The van der Waals surface area contributed by atoms with Crippen molar-refractivity contribution in [2.45, 2.75) is 38.3 Å². The Bertz CT molecular complexity index is 282. The highest BCUT2D eigenvalue weighted by Gasteiger charge is 2.34. The van der Waals surface area contributed by atoms with Crippen molar-refractivity contribution < 1.29 is 9.90 Å². The van der Waals surface area contributed by atoms with E-state index in [1.165, 1.54) is 6.92 Å². The van der Waals surface area contributed by atoms with Gasteiger partial charge in [0.05, 0.1) is 0 Å². The first kappa shape index (κ1) is 14.3. The third-order valence-corrected chi connectivity index (χ3v) is 2.47. The Balaban J connectivity index is 4.56. The zero-order chi connectivity index (χ0) is 12.3. The molecule has 0 saturated heterocycles. The molecule has 0 fully saturated rings. The number of carbonyl (C=O) groups is 1. The van der Waals surface area contributed by atoms with Gasteiger partial charge < -0.3 is 10.4 Å². The van der Waals surface area contributed by atoms with Gasteiger partial charge in [0, 0.05) is 17.7 Å². The van der Waals surface area contributed by atoms with E-state index in [9.17, 15) is 9.90 Å². The lowest BCUT2D eigenvalue weighted by molar-refractivity contribution is -0.127. The normalized spacial score (nSPS) is 15.3. The van der Waals surface area contributed by atoms with Gasteiger partial charge in [0.2, 0.25) is 5.12 Å². The number of carbonyl (C=O) groups excluding carboxylic acids is 1. The van der Waals surface area contributed by atoms with Gasteiger partial charge in [-0.3, -0.25) is 4.79 Å². The van der Waals surface area contributed by atoms with Crippen LogP contribution in [0.25, 0.3) is 0 Å². The van der Waals surface area contributed by atoms with Gasteiger partial charge in [0.25, 0.3) is 0 Å². The van der Waals surface area contributed by atoms with Crippen molar-refractivity contribution in [3.8, 4) is 0 Å².